The molecule has 0 bridgehead atoms. The molecule has 0 saturated heterocycles. The van der Waals surface area contributed by atoms with E-state index in [9.17, 15) is 9.59 Å². The van der Waals surface area contributed by atoms with Crippen molar-refractivity contribution < 1.29 is 13.9 Å². The van der Waals surface area contributed by atoms with Crippen LogP contribution in [0.5, 0.6) is 0 Å². The minimum absolute atomic E-state index is 0.0787. The van der Waals surface area contributed by atoms with E-state index in [2.05, 4.69) is 20.9 Å². The van der Waals surface area contributed by atoms with E-state index in [4.69, 9.17) is 9.15 Å². The Bertz CT molecular complexity index is 988. The van der Waals surface area contributed by atoms with Crippen molar-refractivity contribution in [3.8, 4) is 0 Å². The molecule has 0 N–H and O–H groups in total. The number of hydrogen-bond donors (Lipinski definition) is 0. The fourth-order valence-electron chi connectivity index (χ4n) is 2.20. The Morgan fingerprint density at radius 2 is 2.21 bits per heavy atom. The quantitative estimate of drug-likeness (QED) is 0.507. The third-order valence-corrected chi connectivity index (χ3v) is 3.70. The van der Waals surface area contributed by atoms with Crippen LogP contribution in [0.15, 0.2) is 56.4 Å². The summed E-state index contributed by atoms with van der Waals surface area (Å²) in [5.41, 5.74) is 1.50. The molecule has 0 aliphatic rings. The number of ether oxygens (including phenoxy) is 1. The van der Waals surface area contributed by atoms with E-state index in [-0.39, 0.29) is 12.2 Å². The number of furan rings is 1. The van der Waals surface area contributed by atoms with E-state index in [1.165, 1.54) is 22.6 Å². The molecule has 0 atom stereocenters. The molecule has 6 nitrogen and oxygen atoms in total. The average Bonchev–Trinajstić information content (AvgIpc) is 2.96. The van der Waals surface area contributed by atoms with Crippen molar-refractivity contribution in [1.82, 2.24) is 9.38 Å². The molecule has 0 aliphatic heterocycles. The Kier molecular flexibility index (Phi) is 4.61. The number of fused-ring (bicyclic) bond motifs is 1. The zero-order valence-corrected chi connectivity index (χ0v) is 14.3. The van der Waals surface area contributed by atoms with Gasteiger partial charge in [-0.3, -0.25) is 9.20 Å². The fourth-order valence-corrected chi connectivity index (χ4v) is 2.52. The van der Waals surface area contributed by atoms with Gasteiger partial charge in [0.1, 0.15) is 18.0 Å². The first-order chi connectivity index (χ1) is 11.5. The Morgan fingerprint density at radius 3 is 2.96 bits per heavy atom. The van der Waals surface area contributed by atoms with Gasteiger partial charge >= 0.3 is 5.97 Å². The summed E-state index contributed by atoms with van der Waals surface area (Å²) < 4.78 is 12.4. The number of carbonyl (C=O) groups is 1. The van der Waals surface area contributed by atoms with E-state index >= 15 is 0 Å². The lowest BCUT2D eigenvalue weighted by Crippen LogP contribution is -2.18. The zero-order valence-electron chi connectivity index (χ0n) is 12.7. The van der Waals surface area contributed by atoms with Crippen LogP contribution in [0.3, 0.4) is 0 Å². The van der Waals surface area contributed by atoms with Gasteiger partial charge in [0.05, 0.1) is 5.69 Å². The Labute approximate surface area is 145 Å². The van der Waals surface area contributed by atoms with Crippen LogP contribution in [-0.2, 0) is 16.1 Å². The molecular formula is C17H13BrN2O4. The Morgan fingerprint density at radius 1 is 1.38 bits per heavy atom. The summed E-state index contributed by atoms with van der Waals surface area (Å²) in [7, 11) is 0. The first-order valence-corrected chi connectivity index (χ1v) is 7.91. The maximum absolute atomic E-state index is 12.1. The second-order valence-electron chi connectivity index (χ2n) is 5.03. The highest BCUT2D eigenvalue weighted by atomic mass is 79.9. The van der Waals surface area contributed by atoms with Crippen molar-refractivity contribution in [2.45, 2.75) is 13.5 Å². The molecule has 0 aliphatic carbocycles. The van der Waals surface area contributed by atoms with Gasteiger partial charge in [-0.15, -0.1) is 0 Å². The zero-order chi connectivity index (χ0) is 17.1. The molecule has 24 heavy (non-hydrogen) atoms. The van der Waals surface area contributed by atoms with Gasteiger partial charge in [-0.2, -0.15) is 0 Å². The first kappa shape index (κ1) is 16.2. The van der Waals surface area contributed by atoms with Crippen molar-refractivity contribution in [3.63, 3.8) is 0 Å². The number of halogens is 1. The SMILES string of the molecule is Cc1cccc2nc(COC(=O)/C=C/c3ccc(Br)o3)cc(=O)n12. The molecule has 7 heteroatoms. The van der Waals surface area contributed by atoms with Gasteiger partial charge in [-0.1, -0.05) is 6.07 Å². The lowest BCUT2D eigenvalue weighted by molar-refractivity contribution is -0.139. The summed E-state index contributed by atoms with van der Waals surface area (Å²) in [6.45, 7) is 1.75. The van der Waals surface area contributed by atoms with Crippen LogP contribution in [-0.4, -0.2) is 15.4 Å². The molecule has 3 rings (SSSR count). The number of rotatable bonds is 4. The number of aryl methyl sites for hydroxylation is 1. The van der Waals surface area contributed by atoms with Crippen molar-refractivity contribution >= 4 is 33.6 Å². The van der Waals surface area contributed by atoms with Crippen molar-refractivity contribution in [2.24, 2.45) is 0 Å². The monoisotopic (exact) mass is 388 g/mol. The van der Waals surface area contributed by atoms with Gasteiger partial charge in [0, 0.05) is 17.8 Å². The second kappa shape index (κ2) is 6.84. The third kappa shape index (κ3) is 3.62. The van der Waals surface area contributed by atoms with Gasteiger partial charge in [-0.25, -0.2) is 9.78 Å². The maximum Gasteiger partial charge on any atom is 0.331 e. The highest BCUT2D eigenvalue weighted by Crippen LogP contribution is 2.15. The lowest BCUT2D eigenvalue weighted by atomic mass is 10.3. The Balaban J connectivity index is 1.70. The van der Waals surface area contributed by atoms with Gasteiger partial charge in [0.15, 0.2) is 4.67 Å². The van der Waals surface area contributed by atoms with E-state index in [0.29, 0.717) is 21.8 Å². The normalized spacial score (nSPS) is 11.2. The first-order valence-electron chi connectivity index (χ1n) is 7.11. The Hall–Kier alpha value is -2.67. The molecule has 0 fully saturated rings. The lowest BCUT2D eigenvalue weighted by Gasteiger charge is -2.06. The van der Waals surface area contributed by atoms with Crippen LogP contribution in [0.1, 0.15) is 17.1 Å². The third-order valence-electron chi connectivity index (χ3n) is 3.27. The number of nitrogens with zero attached hydrogens (tertiary/aromatic N) is 2. The van der Waals surface area contributed by atoms with Crippen molar-refractivity contribution in [1.29, 1.82) is 0 Å². The minimum Gasteiger partial charge on any atom is -0.456 e. The summed E-state index contributed by atoms with van der Waals surface area (Å²) in [4.78, 5) is 28.2. The van der Waals surface area contributed by atoms with E-state index in [0.717, 1.165) is 5.69 Å². The highest BCUT2D eigenvalue weighted by molar-refractivity contribution is 9.10. The molecule has 0 aromatic carbocycles. The molecule has 122 valence electrons. The predicted octanol–water partition coefficient (Wildman–Crippen LogP) is 3.12. The van der Waals surface area contributed by atoms with E-state index < -0.39 is 5.97 Å². The molecule has 0 spiro atoms. The summed E-state index contributed by atoms with van der Waals surface area (Å²) in [5.74, 6) is -0.0230. The highest BCUT2D eigenvalue weighted by Gasteiger charge is 2.06. The smallest absolute Gasteiger partial charge is 0.331 e. The van der Waals surface area contributed by atoms with Crippen LogP contribution >= 0.6 is 15.9 Å². The van der Waals surface area contributed by atoms with Crippen LogP contribution in [0.2, 0.25) is 0 Å². The standard InChI is InChI=1S/C17H13BrN2O4/c1-11-3-2-4-15-19-12(9-16(21)20(11)15)10-23-17(22)8-6-13-5-7-14(18)24-13/h2-9H,10H2,1H3/b8-6+. The number of aromatic nitrogens is 2. The van der Waals surface area contributed by atoms with Crippen LogP contribution in [0.25, 0.3) is 11.7 Å². The summed E-state index contributed by atoms with van der Waals surface area (Å²) >= 11 is 3.18. The van der Waals surface area contributed by atoms with Crippen LogP contribution in [0.4, 0.5) is 0 Å². The van der Waals surface area contributed by atoms with Gasteiger partial charge in [0.2, 0.25) is 0 Å². The molecule has 0 saturated carbocycles. The molecular weight excluding hydrogens is 376 g/mol. The summed E-state index contributed by atoms with van der Waals surface area (Å²) in [6, 6.07) is 10.2. The summed E-state index contributed by atoms with van der Waals surface area (Å²) in [5, 5.41) is 0. The molecule has 0 amide bonds. The molecule has 3 aromatic heterocycles. The number of pyridine rings is 1. The second-order valence-corrected chi connectivity index (χ2v) is 5.81. The van der Waals surface area contributed by atoms with Gasteiger partial charge in [0.25, 0.3) is 5.56 Å². The molecule has 0 radical (unpaired) electrons. The molecule has 0 unspecified atom stereocenters. The number of hydrogen-bond acceptors (Lipinski definition) is 5. The largest absolute Gasteiger partial charge is 0.456 e. The molecule has 3 heterocycles. The summed E-state index contributed by atoms with van der Waals surface area (Å²) in [6.07, 6.45) is 2.75. The van der Waals surface area contributed by atoms with E-state index in [1.807, 2.05) is 19.1 Å². The number of esters is 1. The maximum atomic E-state index is 12.1. The van der Waals surface area contributed by atoms with E-state index in [1.54, 1.807) is 18.2 Å². The number of carbonyl (C=O) groups excluding carboxylic acids is 1. The average molecular weight is 389 g/mol. The molecule has 3 aromatic rings. The van der Waals surface area contributed by atoms with Crippen LogP contribution < -0.4 is 5.56 Å². The topological polar surface area (TPSA) is 73.8 Å². The minimum atomic E-state index is -0.547. The predicted molar refractivity (Wildman–Crippen MR) is 91.4 cm³/mol. The fraction of sp³-hybridized carbons (Fsp3) is 0.118. The van der Waals surface area contributed by atoms with Crippen LogP contribution in [0, 0.1) is 6.92 Å². The van der Waals surface area contributed by atoms with Gasteiger partial charge in [-0.05, 0) is 53.2 Å². The van der Waals surface area contributed by atoms with Crippen molar-refractivity contribution in [2.75, 3.05) is 0 Å². The van der Waals surface area contributed by atoms with Crippen molar-refractivity contribution in [3.05, 3.63) is 74.6 Å². The van der Waals surface area contributed by atoms with Gasteiger partial charge < -0.3 is 9.15 Å².